The lowest BCUT2D eigenvalue weighted by molar-refractivity contribution is 0.0517. The van der Waals surface area contributed by atoms with Crippen LogP contribution in [0.25, 0.3) is 16.9 Å². The fraction of sp³-hybridized carbons (Fsp3) is 0.292. The summed E-state index contributed by atoms with van der Waals surface area (Å²) >= 11 is 3.57. The standard InChI is InChI=1S/C24H23N3O3S2/c1-2-30-24(29)21-19-15-32-20-9-4-3-8-18(20)22(19)27(25-21)17-7-5-6-16(14-17)23(28)26-10-12-31-13-11-26/h3-9,14H,2,10-13,15H2,1H3. The van der Waals surface area contributed by atoms with Gasteiger partial charge in [-0.1, -0.05) is 24.3 Å². The van der Waals surface area contributed by atoms with Gasteiger partial charge < -0.3 is 9.64 Å². The number of amides is 1. The lowest BCUT2D eigenvalue weighted by atomic mass is 10.1. The number of ether oxygens (including phenoxy) is 1. The predicted octanol–water partition coefficient (Wildman–Crippen LogP) is 4.51. The van der Waals surface area contributed by atoms with Gasteiger partial charge in [-0.05, 0) is 31.2 Å². The highest BCUT2D eigenvalue weighted by molar-refractivity contribution is 7.99. The first kappa shape index (κ1) is 21.2. The SMILES string of the molecule is CCOC(=O)c1nn(-c2cccc(C(=O)N3CCSCC3)c2)c2c1CSc1ccccc1-2. The minimum Gasteiger partial charge on any atom is -0.461 e. The molecule has 1 fully saturated rings. The molecule has 32 heavy (non-hydrogen) atoms. The zero-order valence-electron chi connectivity index (χ0n) is 17.7. The third-order valence-corrected chi connectivity index (χ3v) is 7.64. The lowest BCUT2D eigenvalue weighted by Crippen LogP contribution is -2.37. The highest BCUT2D eigenvalue weighted by Crippen LogP contribution is 2.43. The Morgan fingerprint density at radius 3 is 2.72 bits per heavy atom. The van der Waals surface area contributed by atoms with Crippen LogP contribution in [0.4, 0.5) is 0 Å². The van der Waals surface area contributed by atoms with Crippen LogP contribution in [0.15, 0.2) is 53.4 Å². The van der Waals surface area contributed by atoms with E-state index in [4.69, 9.17) is 9.84 Å². The van der Waals surface area contributed by atoms with Crippen molar-refractivity contribution in [2.75, 3.05) is 31.2 Å². The van der Waals surface area contributed by atoms with E-state index in [0.29, 0.717) is 23.6 Å². The number of benzene rings is 2. The second kappa shape index (κ2) is 9.03. The number of rotatable bonds is 4. The molecule has 0 atom stereocenters. The molecule has 1 amide bonds. The molecular formula is C24H23N3O3S2. The molecule has 0 unspecified atom stereocenters. The Labute approximate surface area is 195 Å². The van der Waals surface area contributed by atoms with Crippen molar-refractivity contribution in [3.8, 4) is 16.9 Å². The normalized spacial score (nSPS) is 15.1. The molecule has 8 heteroatoms. The summed E-state index contributed by atoms with van der Waals surface area (Å²) in [7, 11) is 0. The third kappa shape index (κ3) is 3.82. The van der Waals surface area contributed by atoms with E-state index in [1.54, 1.807) is 23.4 Å². The van der Waals surface area contributed by atoms with E-state index in [-0.39, 0.29) is 5.91 Å². The summed E-state index contributed by atoms with van der Waals surface area (Å²) in [5, 5.41) is 4.69. The molecule has 3 heterocycles. The maximum atomic E-state index is 13.1. The molecule has 1 saturated heterocycles. The quantitative estimate of drug-likeness (QED) is 0.528. The van der Waals surface area contributed by atoms with Gasteiger partial charge in [0.2, 0.25) is 0 Å². The summed E-state index contributed by atoms with van der Waals surface area (Å²) < 4.78 is 7.08. The zero-order valence-corrected chi connectivity index (χ0v) is 19.4. The highest BCUT2D eigenvalue weighted by Gasteiger charge is 2.30. The molecule has 164 valence electrons. The number of esters is 1. The molecule has 2 aliphatic rings. The van der Waals surface area contributed by atoms with Gasteiger partial charge in [0, 0.05) is 51.9 Å². The summed E-state index contributed by atoms with van der Waals surface area (Å²) in [6, 6.07) is 15.7. The Balaban J connectivity index is 1.61. The van der Waals surface area contributed by atoms with Crippen LogP contribution in [-0.4, -0.2) is 57.8 Å². The largest absolute Gasteiger partial charge is 0.461 e. The second-order valence-corrected chi connectivity index (χ2v) is 9.79. The summed E-state index contributed by atoms with van der Waals surface area (Å²) in [6.07, 6.45) is 0. The number of hydrogen-bond donors (Lipinski definition) is 0. The molecule has 0 saturated carbocycles. The minimum absolute atomic E-state index is 0.0368. The van der Waals surface area contributed by atoms with E-state index in [1.807, 2.05) is 59.1 Å². The Kier molecular flexibility index (Phi) is 5.97. The summed E-state index contributed by atoms with van der Waals surface area (Å²) in [5.74, 6) is 2.20. The van der Waals surface area contributed by atoms with E-state index in [2.05, 4.69) is 6.07 Å². The molecule has 5 rings (SSSR count). The monoisotopic (exact) mass is 465 g/mol. The van der Waals surface area contributed by atoms with Crippen LogP contribution in [0.5, 0.6) is 0 Å². The van der Waals surface area contributed by atoms with Gasteiger partial charge >= 0.3 is 5.97 Å². The van der Waals surface area contributed by atoms with Crippen LogP contribution in [0.1, 0.15) is 33.3 Å². The maximum absolute atomic E-state index is 13.1. The van der Waals surface area contributed by atoms with Crippen LogP contribution in [0.2, 0.25) is 0 Å². The van der Waals surface area contributed by atoms with Crippen molar-refractivity contribution in [2.45, 2.75) is 17.6 Å². The van der Waals surface area contributed by atoms with E-state index in [1.165, 1.54) is 0 Å². The van der Waals surface area contributed by atoms with Crippen molar-refractivity contribution in [1.29, 1.82) is 0 Å². The van der Waals surface area contributed by atoms with Gasteiger partial charge in [-0.15, -0.1) is 11.8 Å². The minimum atomic E-state index is -0.416. The number of aromatic nitrogens is 2. The molecule has 0 N–H and O–H groups in total. The van der Waals surface area contributed by atoms with Crippen molar-refractivity contribution in [3.05, 3.63) is 65.4 Å². The van der Waals surface area contributed by atoms with Crippen molar-refractivity contribution >= 4 is 35.4 Å². The van der Waals surface area contributed by atoms with Crippen molar-refractivity contribution in [3.63, 3.8) is 0 Å². The van der Waals surface area contributed by atoms with Crippen molar-refractivity contribution in [1.82, 2.24) is 14.7 Å². The Morgan fingerprint density at radius 2 is 1.91 bits per heavy atom. The second-order valence-electron chi connectivity index (χ2n) is 7.55. The number of hydrogen-bond acceptors (Lipinski definition) is 6. The highest BCUT2D eigenvalue weighted by atomic mass is 32.2. The Morgan fingerprint density at radius 1 is 1.09 bits per heavy atom. The molecule has 1 aromatic heterocycles. The van der Waals surface area contributed by atoms with Gasteiger partial charge in [0.05, 0.1) is 18.0 Å². The first-order chi connectivity index (χ1) is 15.7. The topological polar surface area (TPSA) is 64.4 Å². The third-order valence-electron chi connectivity index (χ3n) is 5.60. The molecule has 0 spiro atoms. The van der Waals surface area contributed by atoms with Crippen LogP contribution in [-0.2, 0) is 10.5 Å². The fourth-order valence-electron chi connectivity index (χ4n) is 4.07. The van der Waals surface area contributed by atoms with E-state index < -0.39 is 5.97 Å². The Bertz CT molecular complexity index is 1180. The Hall–Kier alpha value is -2.71. The number of thioether (sulfide) groups is 2. The summed E-state index contributed by atoms with van der Waals surface area (Å²) in [6.45, 7) is 3.62. The average Bonchev–Trinajstić information content (AvgIpc) is 3.25. The molecule has 3 aromatic rings. The van der Waals surface area contributed by atoms with Gasteiger partial charge in [-0.25, -0.2) is 9.48 Å². The maximum Gasteiger partial charge on any atom is 0.359 e. The van der Waals surface area contributed by atoms with Crippen molar-refractivity contribution < 1.29 is 14.3 Å². The first-order valence-electron chi connectivity index (χ1n) is 10.7. The number of carbonyl (C=O) groups excluding carboxylic acids is 2. The molecule has 0 radical (unpaired) electrons. The van der Waals surface area contributed by atoms with Crippen LogP contribution in [0.3, 0.4) is 0 Å². The van der Waals surface area contributed by atoms with Crippen LogP contribution >= 0.6 is 23.5 Å². The molecule has 2 aliphatic heterocycles. The first-order valence-corrected chi connectivity index (χ1v) is 12.8. The summed E-state index contributed by atoms with van der Waals surface area (Å²) in [4.78, 5) is 28.8. The fourth-order valence-corrected chi connectivity index (χ4v) is 6.04. The zero-order chi connectivity index (χ0) is 22.1. The number of carbonyl (C=O) groups is 2. The van der Waals surface area contributed by atoms with E-state index >= 15 is 0 Å². The molecule has 0 bridgehead atoms. The van der Waals surface area contributed by atoms with Gasteiger partial charge in [0.15, 0.2) is 5.69 Å². The molecule has 0 aliphatic carbocycles. The molecular weight excluding hydrogens is 442 g/mol. The smallest absolute Gasteiger partial charge is 0.359 e. The number of nitrogens with zero attached hydrogens (tertiary/aromatic N) is 3. The van der Waals surface area contributed by atoms with Crippen molar-refractivity contribution in [2.24, 2.45) is 0 Å². The molecule has 2 aromatic carbocycles. The van der Waals surface area contributed by atoms with Gasteiger partial charge in [0.1, 0.15) is 0 Å². The van der Waals surface area contributed by atoms with E-state index in [0.717, 1.165) is 52.0 Å². The summed E-state index contributed by atoms with van der Waals surface area (Å²) in [5.41, 5.74) is 4.53. The lowest BCUT2D eigenvalue weighted by Gasteiger charge is -2.26. The predicted molar refractivity (Wildman–Crippen MR) is 128 cm³/mol. The van der Waals surface area contributed by atoms with Gasteiger partial charge in [-0.2, -0.15) is 16.9 Å². The molecule has 6 nitrogen and oxygen atoms in total. The van der Waals surface area contributed by atoms with Crippen LogP contribution in [0, 0.1) is 0 Å². The number of fused-ring (bicyclic) bond motifs is 3. The van der Waals surface area contributed by atoms with E-state index in [9.17, 15) is 9.59 Å². The average molecular weight is 466 g/mol. The van der Waals surface area contributed by atoms with Gasteiger partial charge in [-0.3, -0.25) is 4.79 Å². The van der Waals surface area contributed by atoms with Gasteiger partial charge in [0.25, 0.3) is 5.91 Å². The van der Waals surface area contributed by atoms with Crippen LogP contribution < -0.4 is 0 Å².